The highest BCUT2D eigenvalue weighted by atomic mass is 32.2. The van der Waals surface area contributed by atoms with Gasteiger partial charge in [-0.2, -0.15) is 0 Å². The lowest BCUT2D eigenvalue weighted by Gasteiger charge is -2.37. The predicted molar refractivity (Wildman–Crippen MR) is 49.4 cm³/mol. The Morgan fingerprint density at radius 3 is 2.50 bits per heavy atom. The van der Waals surface area contributed by atoms with Crippen LogP contribution < -0.4 is 0 Å². The highest BCUT2D eigenvalue weighted by Crippen LogP contribution is 2.32. The summed E-state index contributed by atoms with van der Waals surface area (Å²) in [6, 6.07) is 0. The van der Waals surface area contributed by atoms with E-state index < -0.39 is 10.0 Å². The van der Waals surface area contributed by atoms with Crippen molar-refractivity contribution in [2.45, 2.75) is 26.7 Å². The van der Waals surface area contributed by atoms with Crippen molar-refractivity contribution in [3.63, 3.8) is 0 Å². The van der Waals surface area contributed by atoms with Gasteiger partial charge < -0.3 is 0 Å². The van der Waals surface area contributed by atoms with Gasteiger partial charge in [-0.3, -0.25) is 0 Å². The SMILES string of the molecule is CCC1(C)CCS(=O)(=O)N(C)C1. The summed E-state index contributed by atoms with van der Waals surface area (Å²) >= 11 is 0. The van der Waals surface area contributed by atoms with Crippen molar-refractivity contribution in [2.24, 2.45) is 5.41 Å². The van der Waals surface area contributed by atoms with Crippen molar-refractivity contribution < 1.29 is 8.42 Å². The summed E-state index contributed by atoms with van der Waals surface area (Å²) in [4.78, 5) is 0. The van der Waals surface area contributed by atoms with E-state index >= 15 is 0 Å². The van der Waals surface area contributed by atoms with Crippen LogP contribution >= 0.6 is 0 Å². The second-order valence-electron chi connectivity index (χ2n) is 3.99. The number of sulfonamides is 1. The van der Waals surface area contributed by atoms with Gasteiger partial charge in [-0.15, -0.1) is 0 Å². The summed E-state index contributed by atoms with van der Waals surface area (Å²) in [7, 11) is -1.24. The average molecular weight is 191 g/mol. The fourth-order valence-corrected chi connectivity index (χ4v) is 3.11. The molecule has 4 heteroatoms. The highest BCUT2D eigenvalue weighted by Gasteiger charge is 2.35. The third kappa shape index (κ3) is 1.80. The molecule has 0 bridgehead atoms. The molecule has 1 saturated heterocycles. The molecule has 1 heterocycles. The van der Waals surface area contributed by atoms with Crippen molar-refractivity contribution in [1.82, 2.24) is 4.31 Å². The zero-order chi connectivity index (χ0) is 9.41. The van der Waals surface area contributed by atoms with Crippen molar-refractivity contribution in [1.29, 1.82) is 0 Å². The minimum Gasteiger partial charge on any atom is -0.212 e. The van der Waals surface area contributed by atoms with Gasteiger partial charge in [0.25, 0.3) is 0 Å². The first-order valence-corrected chi connectivity index (χ1v) is 5.94. The largest absolute Gasteiger partial charge is 0.213 e. The van der Waals surface area contributed by atoms with Crippen LogP contribution in [-0.2, 0) is 10.0 Å². The molecule has 1 unspecified atom stereocenters. The Bertz CT molecular complexity index is 260. The Morgan fingerprint density at radius 2 is 2.08 bits per heavy atom. The van der Waals surface area contributed by atoms with Crippen LogP contribution in [0, 0.1) is 5.41 Å². The van der Waals surface area contributed by atoms with Gasteiger partial charge in [0.2, 0.25) is 10.0 Å². The quantitative estimate of drug-likeness (QED) is 0.621. The molecule has 0 saturated carbocycles. The van der Waals surface area contributed by atoms with E-state index in [4.69, 9.17) is 0 Å². The van der Waals surface area contributed by atoms with E-state index in [-0.39, 0.29) is 5.41 Å². The van der Waals surface area contributed by atoms with Crippen LogP contribution in [-0.4, -0.2) is 32.1 Å². The summed E-state index contributed by atoms with van der Waals surface area (Å²) in [5.74, 6) is 0.313. The van der Waals surface area contributed by atoms with Crippen LogP contribution in [0.25, 0.3) is 0 Å². The van der Waals surface area contributed by atoms with E-state index in [0.29, 0.717) is 12.3 Å². The first-order valence-electron chi connectivity index (χ1n) is 4.34. The first-order chi connectivity index (χ1) is 5.40. The molecule has 0 spiro atoms. The van der Waals surface area contributed by atoms with Crippen LogP contribution in [0.3, 0.4) is 0 Å². The van der Waals surface area contributed by atoms with Crippen molar-refractivity contribution in [3.8, 4) is 0 Å². The average Bonchev–Trinajstić information content (AvgIpc) is 1.99. The summed E-state index contributed by atoms with van der Waals surface area (Å²) < 4.78 is 24.1. The van der Waals surface area contributed by atoms with Gasteiger partial charge in [-0.25, -0.2) is 12.7 Å². The summed E-state index contributed by atoms with van der Waals surface area (Å²) in [5, 5.41) is 0. The zero-order valence-corrected chi connectivity index (χ0v) is 8.82. The van der Waals surface area contributed by atoms with Crippen LogP contribution in [0.1, 0.15) is 26.7 Å². The monoisotopic (exact) mass is 191 g/mol. The van der Waals surface area contributed by atoms with Crippen LogP contribution in [0.15, 0.2) is 0 Å². The lowest BCUT2D eigenvalue weighted by atomic mass is 9.84. The Labute approximate surface area is 74.8 Å². The van der Waals surface area contributed by atoms with Crippen molar-refractivity contribution >= 4 is 10.0 Å². The maximum absolute atomic E-state index is 11.3. The Hall–Kier alpha value is -0.0900. The smallest absolute Gasteiger partial charge is 0.212 e. The Kier molecular flexibility index (Phi) is 2.50. The molecule has 0 radical (unpaired) electrons. The zero-order valence-electron chi connectivity index (χ0n) is 8.00. The summed E-state index contributed by atoms with van der Waals surface area (Å²) in [6.07, 6.45) is 1.85. The highest BCUT2D eigenvalue weighted by molar-refractivity contribution is 7.89. The molecule has 12 heavy (non-hydrogen) atoms. The van der Waals surface area contributed by atoms with Crippen LogP contribution in [0.4, 0.5) is 0 Å². The van der Waals surface area contributed by atoms with Gasteiger partial charge >= 0.3 is 0 Å². The maximum atomic E-state index is 11.3. The first kappa shape index (κ1) is 9.99. The number of hydrogen-bond donors (Lipinski definition) is 0. The lowest BCUT2D eigenvalue weighted by molar-refractivity contribution is 0.219. The van der Waals surface area contributed by atoms with E-state index in [1.54, 1.807) is 7.05 Å². The Morgan fingerprint density at radius 1 is 1.50 bits per heavy atom. The molecular formula is C8H17NO2S. The molecule has 1 aliphatic heterocycles. The molecule has 1 rings (SSSR count). The number of rotatable bonds is 1. The van der Waals surface area contributed by atoms with Crippen molar-refractivity contribution in [3.05, 3.63) is 0 Å². The molecule has 0 aromatic carbocycles. The lowest BCUT2D eigenvalue weighted by Crippen LogP contribution is -2.44. The fraction of sp³-hybridized carbons (Fsp3) is 1.00. The minimum absolute atomic E-state index is 0.195. The second kappa shape index (κ2) is 3.00. The molecule has 0 aromatic heterocycles. The van der Waals surface area contributed by atoms with Gasteiger partial charge in [0.1, 0.15) is 0 Å². The fourth-order valence-electron chi connectivity index (χ4n) is 1.53. The normalized spacial score (nSPS) is 36.6. The summed E-state index contributed by atoms with van der Waals surface area (Å²) in [5.41, 5.74) is 0.195. The molecule has 0 N–H and O–H groups in total. The third-order valence-electron chi connectivity index (χ3n) is 2.90. The topological polar surface area (TPSA) is 37.4 Å². The molecule has 1 fully saturated rings. The number of nitrogens with zero attached hydrogens (tertiary/aromatic N) is 1. The molecule has 1 atom stereocenters. The van der Waals surface area contributed by atoms with Crippen molar-refractivity contribution in [2.75, 3.05) is 19.3 Å². The summed E-state index contributed by atoms with van der Waals surface area (Å²) in [6.45, 7) is 4.94. The standard InChI is InChI=1S/C8H17NO2S/c1-4-8(2)5-6-12(10,11)9(3)7-8/h4-7H2,1-3H3. The predicted octanol–water partition coefficient (Wildman–Crippen LogP) is 1.07. The van der Waals surface area contributed by atoms with Gasteiger partial charge in [0.05, 0.1) is 5.75 Å². The van der Waals surface area contributed by atoms with Gasteiger partial charge in [0.15, 0.2) is 0 Å². The molecular weight excluding hydrogens is 174 g/mol. The third-order valence-corrected chi connectivity index (χ3v) is 4.70. The van der Waals surface area contributed by atoms with E-state index in [9.17, 15) is 8.42 Å². The van der Waals surface area contributed by atoms with Crippen LogP contribution in [0.5, 0.6) is 0 Å². The molecule has 0 aliphatic carbocycles. The van der Waals surface area contributed by atoms with Gasteiger partial charge in [0, 0.05) is 13.6 Å². The van der Waals surface area contributed by atoms with Crippen LogP contribution in [0.2, 0.25) is 0 Å². The molecule has 1 aliphatic rings. The van der Waals surface area contributed by atoms with E-state index in [0.717, 1.165) is 12.8 Å². The second-order valence-corrected chi connectivity index (χ2v) is 6.18. The Balaban J connectivity index is 2.77. The van der Waals surface area contributed by atoms with E-state index in [1.807, 2.05) is 0 Å². The minimum atomic E-state index is -2.91. The molecule has 3 nitrogen and oxygen atoms in total. The van der Waals surface area contributed by atoms with Gasteiger partial charge in [-0.1, -0.05) is 13.8 Å². The molecule has 72 valence electrons. The van der Waals surface area contributed by atoms with E-state index in [2.05, 4.69) is 13.8 Å². The van der Waals surface area contributed by atoms with Gasteiger partial charge in [-0.05, 0) is 18.3 Å². The molecule has 0 aromatic rings. The number of hydrogen-bond acceptors (Lipinski definition) is 2. The van der Waals surface area contributed by atoms with E-state index in [1.165, 1.54) is 4.31 Å². The molecule has 0 amide bonds. The maximum Gasteiger partial charge on any atom is 0.213 e.